The summed E-state index contributed by atoms with van der Waals surface area (Å²) in [5.74, 6) is 0. The molecular formula is C8H18O2. The van der Waals surface area contributed by atoms with Gasteiger partial charge < -0.3 is 0 Å². The second-order valence-corrected chi connectivity index (χ2v) is 1.79. The van der Waals surface area contributed by atoms with Crippen LogP contribution in [-0.4, -0.2) is 6.15 Å². The maximum absolute atomic E-state index is 8.12. The van der Waals surface area contributed by atoms with E-state index in [-0.39, 0.29) is 6.15 Å². The molecule has 0 aliphatic heterocycles. The fourth-order valence-electron chi connectivity index (χ4n) is 0. The summed E-state index contributed by atoms with van der Waals surface area (Å²) < 4.78 is 0. The zero-order chi connectivity index (χ0) is 8.83. The van der Waals surface area contributed by atoms with Gasteiger partial charge in [0.15, 0.2) is 0 Å². The Morgan fingerprint density at radius 3 is 1.00 bits per heavy atom. The van der Waals surface area contributed by atoms with Crippen molar-refractivity contribution in [2.75, 3.05) is 0 Å². The number of hydrogen-bond donors (Lipinski definition) is 0. The topological polar surface area (TPSA) is 34.1 Å². The summed E-state index contributed by atoms with van der Waals surface area (Å²) in [6, 6.07) is 0. The molecule has 0 saturated heterocycles. The van der Waals surface area contributed by atoms with Crippen LogP contribution in [0.15, 0.2) is 0 Å². The van der Waals surface area contributed by atoms with Gasteiger partial charge in [0.2, 0.25) is 0 Å². The summed E-state index contributed by atoms with van der Waals surface area (Å²) in [6.07, 6.45) is 4.14. The number of hydrogen-bond acceptors (Lipinski definition) is 2. The summed E-state index contributed by atoms with van der Waals surface area (Å²) in [5.41, 5.74) is 0. The van der Waals surface area contributed by atoms with Gasteiger partial charge in [0.1, 0.15) is 0 Å². The molecule has 0 aliphatic rings. The van der Waals surface area contributed by atoms with E-state index in [0.29, 0.717) is 0 Å². The highest BCUT2D eigenvalue weighted by Crippen LogP contribution is 1.76. The van der Waals surface area contributed by atoms with Crippen molar-refractivity contribution in [2.45, 2.75) is 47.0 Å². The van der Waals surface area contributed by atoms with Gasteiger partial charge in [0.05, 0.1) is 0 Å². The van der Waals surface area contributed by atoms with E-state index in [0.717, 1.165) is 0 Å². The minimum Gasteiger partial charge on any atom is -0.186 e. The highest BCUT2D eigenvalue weighted by atomic mass is 16.2. The van der Waals surface area contributed by atoms with E-state index in [2.05, 4.69) is 27.7 Å². The van der Waals surface area contributed by atoms with Gasteiger partial charge in [0, 0.05) is 0 Å². The smallest absolute Gasteiger partial charge is 0.186 e. The Hall–Kier alpha value is -0.620. The lowest BCUT2D eigenvalue weighted by Crippen LogP contribution is -1.47. The second-order valence-electron chi connectivity index (χ2n) is 1.79. The van der Waals surface area contributed by atoms with E-state index in [1.807, 2.05) is 0 Å². The van der Waals surface area contributed by atoms with Crippen molar-refractivity contribution in [2.24, 2.45) is 0 Å². The zero-order valence-corrected chi connectivity index (χ0v) is 7.44. The second kappa shape index (κ2) is 40.0. The minimum atomic E-state index is 0.250. The summed E-state index contributed by atoms with van der Waals surface area (Å²) in [4.78, 5) is 16.2. The Morgan fingerprint density at radius 1 is 0.900 bits per heavy atom. The van der Waals surface area contributed by atoms with Crippen LogP contribution < -0.4 is 0 Å². The predicted molar refractivity (Wildman–Crippen MR) is 41.6 cm³/mol. The highest BCUT2D eigenvalue weighted by Gasteiger charge is 1.56. The van der Waals surface area contributed by atoms with Crippen LogP contribution in [0.2, 0.25) is 0 Å². The third-order valence-electron chi connectivity index (χ3n) is 0.500. The van der Waals surface area contributed by atoms with Gasteiger partial charge in [-0.1, -0.05) is 47.0 Å². The molecule has 0 N–H and O–H groups in total. The first-order valence-electron chi connectivity index (χ1n) is 3.74. The van der Waals surface area contributed by atoms with Gasteiger partial charge >= 0.3 is 6.15 Å². The maximum atomic E-state index is 8.12. The monoisotopic (exact) mass is 146 g/mol. The molecule has 0 aromatic carbocycles. The van der Waals surface area contributed by atoms with Gasteiger partial charge in [-0.25, -0.2) is 0 Å². The summed E-state index contributed by atoms with van der Waals surface area (Å²) >= 11 is 0. The average molecular weight is 146 g/mol. The highest BCUT2D eigenvalue weighted by molar-refractivity contribution is 5.20. The number of unbranched alkanes of at least 4 members (excludes halogenated alkanes) is 1. The van der Waals surface area contributed by atoms with Gasteiger partial charge in [-0.2, -0.15) is 9.59 Å². The SMILES string of the molecule is CCC.CCCC.O=C=O. The van der Waals surface area contributed by atoms with Crippen molar-refractivity contribution in [1.29, 1.82) is 0 Å². The third-order valence-corrected chi connectivity index (χ3v) is 0.500. The molecule has 10 heavy (non-hydrogen) atoms. The minimum absolute atomic E-state index is 0.250. The Bertz CT molecular complexity index is 52.3. The Morgan fingerprint density at radius 2 is 1.00 bits per heavy atom. The van der Waals surface area contributed by atoms with Crippen LogP contribution in [0, 0.1) is 0 Å². The first kappa shape index (κ1) is 16.2. The molecule has 2 nitrogen and oxygen atoms in total. The first-order valence-corrected chi connectivity index (χ1v) is 3.74. The lowest BCUT2D eigenvalue weighted by atomic mass is 10.4. The molecule has 0 aromatic heterocycles. The molecule has 0 aromatic rings. The maximum Gasteiger partial charge on any atom is 0.373 e. The molecule has 0 saturated carbocycles. The normalized spacial score (nSPS) is 5.60. The summed E-state index contributed by atoms with van der Waals surface area (Å²) in [5, 5.41) is 0. The van der Waals surface area contributed by atoms with Gasteiger partial charge in [-0.05, 0) is 0 Å². The molecular weight excluding hydrogens is 128 g/mol. The Labute approximate surface area is 63.6 Å². The van der Waals surface area contributed by atoms with E-state index in [1.54, 1.807) is 0 Å². The van der Waals surface area contributed by atoms with Crippen molar-refractivity contribution in [1.82, 2.24) is 0 Å². The van der Waals surface area contributed by atoms with Crippen molar-refractivity contribution in [3.05, 3.63) is 0 Å². The quantitative estimate of drug-likeness (QED) is 0.570. The lowest BCUT2D eigenvalue weighted by molar-refractivity contribution is -0.191. The number of carbonyl (C=O) groups excluding carboxylic acids is 2. The van der Waals surface area contributed by atoms with Crippen molar-refractivity contribution < 1.29 is 9.59 Å². The van der Waals surface area contributed by atoms with Crippen LogP contribution in [0.1, 0.15) is 47.0 Å². The van der Waals surface area contributed by atoms with Crippen LogP contribution in [0.5, 0.6) is 0 Å². The van der Waals surface area contributed by atoms with Gasteiger partial charge in [-0.15, -0.1) is 0 Å². The van der Waals surface area contributed by atoms with Crippen LogP contribution in [0.3, 0.4) is 0 Å². The Kier molecular flexibility index (Phi) is 64.7. The molecule has 0 atom stereocenters. The molecule has 2 heteroatoms. The van der Waals surface area contributed by atoms with Gasteiger partial charge in [0.25, 0.3) is 0 Å². The molecule has 0 radical (unpaired) electrons. The van der Waals surface area contributed by atoms with Crippen LogP contribution >= 0.6 is 0 Å². The predicted octanol–water partition coefficient (Wildman–Crippen LogP) is 2.64. The zero-order valence-electron chi connectivity index (χ0n) is 7.44. The molecule has 0 aliphatic carbocycles. The average Bonchev–Trinajstić information content (AvgIpc) is 1.91. The van der Waals surface area contributed by atoms with Gasteiger partial charge in [-0.3, -0.25) is 0 Å². The molecule has 0 amide bonds. The van der Waals surface area contributed by atoms with E-state index in [9.17, 15) is 0 Å². The molecule has 0 bridgehead atoms. The van der Waals surface area contributed by atoms with Crippen molar-refractivity contribution in [3.63, 3.8) is 0 Å². The fourth-order valence-corrected chi connectivity index (χ4v) is 0. The van der Waals surface area contributed by atoms with Crippen LogP contribution in [-0.2, 0) is 9.59 Å². The standard InChI is InChI=1S/C4H10.C3H8.CO2/c1-3-4-2;1-3-2;2-1-3/h3-4H2,1-2H3;3H2,1-2H3;. The lowest BCUT2D eigenvalue weighted by Gasteiger charge is -1.68. The fraction of sp³-hybridized carbons (Fsp3) is 0.875. The largest absolute Gasteiger partial charge is 0.373 e. The summed E-state index contributed by atoms with van der Waals surface area (Å²) in [7, 11) is 0. The molecule has 0 heterocycles. The number of rotatable bonds is 1. The van der Waals surface area contributed by atoms with Crippen LogP contribution in [0.4, 0.5) is 0 Å². The van der Waals surface area contributed by atoms with E-state index in [4.69, 9.17) is 9.59 Å². The molecule has 0 unspecified atom stereocenters. The summed E-state index contributed by atoms with van der Waals surface area (Å²) in [6.45, 7) is 8.61. The van der Waals surface area contributed by atoms with Crippen molar-refractivity contribution in [3.8, 4) is 0 Å². The van der Waals surface area contributed by atoms with E-state index >= 15 is 0 Å². The van der Waals surface area contributed by atoms with E-state index in [1.165, 1.54) is 19.3 Å². The van der Waals surface area contributed by atoms with E-state index < -0.39 is 0 Å². The molecule has 0 rings (SSSR count). The van der Waals surface area contributed by atoms with Crippen molar-refractivity contribution >= 4 is 6.15 Å². The molecule has 0 fully saturated rings. The molecule has 62 valence electrons. The first-order chi connectivity index (χ1) is 4.74. The third kappa shape index (κ3) is 2080. The Balaban J connectivity index is -0.0000000750. The van der Waals surface area contributed by atoms with Crippen LogP contribution in [0.25, 0.3) is 0 Å². The molecule has 0 spiro atoms.